The van der Waals surface area contributed by atoms with Crippen molar-refractivity contribution in [2.45, 2.75) is 33.2 Å². The van der Waals surface area contributed by atoms with E-state index in [0.717, 1.165) is 0 Å². The summed E-state index contributed by atoms with van der Waals surface area (Å²) in [5.41, 5.74) is 0.535. The molecule has 1 N–H and O–H groups in total. The van der Waals surface area contributed by atoms with E-state index >= 15 is 0 Å². The monoisotopic (exact) mass is 294 g/mol. The molecule has 7 heteroatoms. The second-order valence-corrected chi connectivity index (χ2v) is 4.99. The highest BCUT2D eigenvalue weighted by Gasteiger charge is 2.22. The van der Waals surface area contributed by atoms with Crippen molar-refractivity contribution >= 4 is 17.6 Å². The van der Waals surface area contributed by atoms with Gasteiger partial charge in [0.25, 0.3) is 11.6 Å². The average Bonchev–Trinajstić information content (AvgIpc) is 2.38. The van der Waals surface area contributed by atoms with E-state index in [1.54, 1.807) is 20.8 Å². The molecule has 0 aliphatic carbocycles. The molecule has 1 amide bonds. The van der Waals surface area contributed by atoms with E-state index in [-0.39, 0.29) is 30.3 Å². The van der Waals surface area contributed by atoms with Crippen LogP contribution >= 0.6 is 0 Å². The van der Waals surface area contributed by atoms with Crippen LogP contribution in [0.3, 0.4) is 0 Å². The van der Waals surface area contributed by atoms with Crippen molar-refractivity contribution in [3.8, 4) is 0 Å². The number of carboxylic acids is 1. The number of amides is 1. The molecule has 0 aliphatic rings. The molecule has 0 spiro atoms. The van der Waals surface area contributed by atoms with E-state index in [9.17, 15) is 19.7 Å². The molecule has 0 unspecified atom stereocenters. The first-order valence-corrected chi connectivity index (χ1v) is 6.51. The molecule has 1 aromatic carbocycles. The summed E-state index contributed by atoms with van der Waals surface area (Å²) in [6, 6.07) is 4.06. The van der Waals surface area contributed by atoms with E-state index < -0.39 is 16.8 Å². The van der Waals surface area contributed by atoms with Gasteiger partial charge in [-0.2, -0.15) is 0 Å². The van der Waals surface area contributed by atoms with E-state index in [1.807, 2.05) is 0 Å². The van der Waals surface area contributed by atoms with Crippen LogP contribution in [0.15, 0.2) is 18.2 Å². The number of hydrogen-bond donors (Lipinski definition) is 1. The molecule has 0 atom stereocenters. The molecular formula is C14H18N2O5. The minimum atomic E-state index is -0.997. The molecule has 21 heavy (non-hydrogen) atoms. The molecule has 0 saturated heterocycles. The lowest BCUT2D eigenvalue weighted by atomic mass is 10.1. The van der Waals surface area contributed by atoms with Gasteiger partial charge in [0.1, 0.15) is 0 Å². The highest BCUT2D eigenvalue weighted by Crippen LogP contribution is 2.21. The van der Waals surface area contributed by atoms with Gasteiger partial charge in [-0.25, -0.2) is 0 Å². The summed E-state index contributed by atoms with van der Waals surface area (Å²) in [5, 5.41) is 19.6. The number of hydrogen-bond acceptors (Lipinski definition) is 4. The maximum absolute atomic E-state index is 12.4. The largest absolute Gasteiger partial charge is 0.481 e. The Morgan fingerprint density at radius 3 is 2.48 bits per heavy atom. The lowest BCUT2D eigenvalue weighted by Crippen LogP contribution is -2.38. The average molecular weight is 294 g/mol. The number of benzene rings is 1. The van der Waals surface area contributed by atoms with Crippen molar-refractivity contribution in [3.63, 3.8) is 0 Å². The van der Waals surface area contributed by atoms with Gasteiger partial charge in [0.15, 0.2) is 0 Å². The molecule has 114 valence electrons. The summed E-state index contributed by atoms with van der Waals surface area (Å²) in [4.78, 5) is 34.8. The Kier molecular flexibility index (Phi) is 5.40. The minimum Gasteiger partial charge on any atom is -0.481 e. The van der Waals surface area contributed by atoms with Crippen LogP contribution in [-0.4, -0.2) is 39.4 Å². The van der Waals surface area contributed by atoms with E-state index in [1.165, 1.54) is 23.1 Å². The van der Waals surface area contributed by atoms with Crippen LogP contribution in [0, 0.1) is 17.0 Å². The fraction of sp³-hybridized carbons (Fsp3) is 0.429. The third-order valence-electron chi connectivity index (χ3n) is 3.10. The molecule has 0 fully saturated rings. The van der Waals surface area contributed by atoms with E-state index in [0.29, 0.717) is 5.56 Å². The maximum Gasteiger partial charge on any atom is 0.305 e. The Labute approximate surface area is 122 Å². The molecule has 0 saturated carbocycles. The number of nitro benzene ring substituents is 1. The highest BCUT2D eigenvalue weighted by molar-refractivity contribution is 5.95. The van der Waals surface area contributed by atoms with Crippen LogP contribution in [0.5, 0.6) is 0 Å². The summed E-state index contributed by atoms with van der Waals surface area (Å²) in [6.07, 6.45) is -0.169. The third kappa shape index (κ3) is 4.27. The first-order chi connectivity index (χ1) is 9.73. The number of carbonyl (C=O) groups excluding carboxylic acids is 1. The van der Waals surface area contributed by atoms with Gasteiger partial charge in [-0.1, -0.05) is 6.07 Å². The lowest BCUT2D eigenvalue weighted by molar-refractivity contribution is -0.385. The van der Waals surface area contributed by atoms with Crippen LogP contribution in [0.25, 0.3) is 0 Å². The Hall–Kier alpha value is -2.44. The van der Waals surface area contributed by atoms with Crippen LogP contribution in [0.1, 0.15) is 36.2 Å². The second-order valence-electron chi connectivity index (χ2n) is 4.99. The van der Waals surface area contributed by atoms with Crippen molar-refractivity contribution in [1.29, 1.82) is 0 Å². The van der Waals surface area contributed by atoms with Gasteiger partial charge in [-0.3, -0.25) is 19.7 Å². The van der Waals surface area contributed by atoms with Gasteiger partial charge in [-0.05, 0) is 26.8 Å². The summed E-state index contributed by atoms with van der Waals surface area (Å²) in [7, 11) is 0. The smallest absolute Gasteiger partial charge is 0.305 e. The fourth-order valence-electron chi connectivity index (χ4n) is 1.92. The highest BCUT2D eigenvalue weighted by atomic mass is 16.6. The molecule has 0 radical (unpaired) electrons. The third-order valence-corrected chi connectivity index (χ3v) is 3.10. The lowest BCUT2D eigenvalue weighted by Gasteiger charge is -2.26. The van der Waals surface area contributed by atoms with Crippen molar-refractivity contribution in [2.24, 2.45) is 0 Å². The quantitative estimate of drug-likeness (QED) is 0.640. The number of carbonyl (C=O) groups is 2. The predicted octanol–water partition coefficient (Wildman–Crippen LogP) is 2.23. The summed E-state index contributed by atoms with van der Waals surface area (Å²) < 4.78 is 0. The van der Waals surface area contributed by atoms with Gasteiger partial charge in [-0.15, -0.1) is 0 Å². The number of rotatable bonds is 6. The fourth-order valence-corrected chi connectivity index (χ4v) is 1.92. The van der Waals surface area contributed by atoms with Crippen LogP contribution in [0.2, 0.25) is 0 Å². The SMILES string of the molecule is Cc1ccc(C(=O)N(CCC(=O)O)C(C)C)cc1[N+](=O)[O-]. The molecule has 7 nitrogen and oxygen atoms in total. The molecule has 0 bridgehead atoms. The molecule has 1 rings (SSSR count). The Morgan fingerprint density at radius 2 is 2.00 bits per heavy atom. The summed E-state index contributed by atoms with van der Waals surface area (Å²) in [5.74, 6) is -1.40. The molecule has 0 aromatic heterocycles. The number of nitrogens with zero attached hydrogens (tertiary/aromatic N) is 2. The first kappa shape index (κ1) is 16.6. The Balaban J connectivity index is 3.06. The van der Waals surface area contributed by atoms with Crippen molar-refractivity contribution in [3.05, 3.63) is 39.4 Å². The molecule has 1 aromatic rings. The number of aryl methyl sites for hydroxylation is 1. The first-order valence-electron chi connectivity index (χ1n) is 6.51. The maximum atomic E-state index is 12.4. The predicted molar refractivity (Wildman–Crippen MR) is 76.3 cm³/mol. The number of carboxylic acid groups (broad SMARTS) is 1. The Morgan fingerprint density at radius 1 is 1.38 bits per heavy atom. The van der Waals surface area contributed by atoms with Gasteiger partial charge >= 0.3 is 5.97 Å². The van der Waals surface area contributed by atoms with Crippen LogP contribution in [0.4, 0.5) is 5.69 Å². The van der Waals surface area contributed by atoms with Crippen LogP contribution in [-0.2, 0) is 4.79 Å². The molecule has 0 aliphatic heterocycles. The van der Waals surface area contributed by atoms with Gasteiger partial charge in [0, 0.05) is 29.8 Å². The minimum absolute atomic E-state index is 0.0630. The zero-order valence-electron chi connectivity index (χ0n) is 12.2. The second kappa shape index (κ2) is 6.83. The molecule has 0 heterocycles. The standard InChI is InChI=1S/C14H18N2O5/c1-9(2)15(7-6-13(17)18)14(19)11-5-4-10(3)12(8-11)16(20)21/h4-5,8-9H,6-7H2,1-3H3,(H,17,18). The van der Waals surface area contributed by atoms with Gasteiger partial charge < -0.3 is 10.0 Å². The normalized spacial score (nSPS) is 10.5. The van der Waals surface area contributed by atoms with Gasteiger partial charge in [0.05, 0.1) is 11.3 Å². The van der Waals surface area contributed by atoms with Crippen molar-refractivity contribution in [1.82, 2.24) is 4.90 Å². The summed E-state index contributed by atoms with van der Waals surface area (Å²) in [6.45, 7) is 5.19. The zero-order valence-corrected chi connectivity index (χ0v) is 12.2. The zero-order chi connectivity index (χ0) is 16.2. The van der Waals surface area contributed by atoms with Gasteiger partial charge in [0.2, 0.25) is 0 Å². The number of nitro groups is 1. The number of aliphatic carboxylic acids is 1. The Bertz CT molecular complexity index is 568. The van der Waals surface area contributed by atoms with E-state index in [2.05, 4.69) is 0 Å². The van der Waals surface area contributed by atoms with Crippen LogP contribution < -0.4 is 0 Å². The summed E-state index contributed by atoms with van der Waals surface area (Å²) >= 11 is 0. The van der Waals surface area contributed by atoms with Crippen molar-refractivity contribution in [2.75, 3.05) is 6.54 Å². The topological polar surface area (TPSA) is 101 Å². The van der Waals surface area contributed by atoms with Crippen molar-refractivity contribution < 1.29 is 19.6 Å². The molecular weight excluding hydrogens is 276 g/mol. The van der Waals surface area contributed by atoms with E-state index in [4.69, 9.17) is 5.11 Å².